The van der Waals surface area contributed by atoms with Gasteiger partial charge >= 0.3 is 0 Å². The third kappa shape index (κ3) is 3.48. The van der Waals surface area contributed by atoms with Crippen LogP contribution in [-0.4, -0.2) is 63.0 Å². The quantitative estimate of drug-likeness (QED) is 0.567. The standard InChI is InChI=1S/C19H24N4O3/c1-21(2)15(14-6-4-3-5-7-14)12-20-16-17(19(26)18(16)25)23-10-8-22(13-24)9-11-23/h3-7,13,15,20H,8-12H2,1-2H3. The highest BCUT2D eigenvalue weighted by molar-refractivity contribution is 5.75. The number of nitrogens with one attached hydrogen (secondary N) is 1. The van der Waals surface area contributed by atoms with Gasteiger partial charge < -0.3 is 20.0 Å². The van der Waals surface area contributed by atoms with Gasteiger partial charge in [0.15, 0.2) is 0 Å². The van der Waals surface area contributed by atoms with E-state index in [9.17, 15) is 14.4 Å². The lowest BCUT2D eigenvalue weighted by atomic mass is 10.1. The van der Waals surface area contributed by atoms with Crippen molar-refractivity contribution < 1.29 is 4.79 Å². The molecule has 2 aromatic rings. The molecule has 3 rings (SSSR count). The molecule has 1 amide bonds. The van der Waals surface area contributed by atoms with Crippen LogP contribution >= 0.6 is 0 Å². The summed E-state index contributed by atoms with van der Waals surface area (Å²) < 4.78 is 0. The number of likely N-dealkylation sites (N-methyl/N-ethyl adjacent to an activating group) is 1. The van der Waals surface area contributed by atoms with E-state index in [0.29, 0.717) is 44.1 Å². The van der Waals surface area contributed by atoms with Crippen molar-refractivity contribution in [1.29, 1.82) is 0 Å². The molecule has 1 heterocycles. The lowest BCUT2D eigenvalue weighted by Crippen LogP contribution is -2.51. The molecule has 1 fully saturated rings. The lowest BCUT2D eigenvalue weighted by Gasteiger charge is -2.35. The van der Waals surface area contributed by atoms with Crippen molar-refractivity contribution in [3.8, 4) is 0 Å². The van der Waals surface area contributed by atoms with Gasteiger partial charge in [0.05, 0.1) is 6.04 Å². The van der Waals surface area contributed by atoms with Gasteiger partial charge in [0.25, 0.3) is 10.9 Å². The maximum atomic E-state index is 12.1. The molecule has 1 aliphatic rings. The molecule has 1 unspecified atom stereocenters. The van der Waals surface area contributed by atoms with E-state index >= 15 is 0 Å². The van der Waals surface area contributed by atoms with Gasteiger partial charge in [-0.15, -0.1) is 0 Å². The van der Waals surface area contributed by atoms with E-state index < -0.39 is 10.9 Å². The molecule has 0 spiro atoms. The average molecular weight is 356 g/mol. The second kappa shape index (κ2) is 7.70. The summed E-state index contributed by atoms with van der Waals surface area (Å²) in [6, 6.07) is 10.1. The van der Waals surface area contributed by atoms with Gasteiger partial charge in [0.2, 0.25) is 6.41 Å². The zero-order valence-corrected chi connectivity index (χ0v) is 15.1. The Morgan fingerprint density at radius 2 is 1.73 bits per heavy atom. The van der Waals surface area contributed by atoms with Gasteiger partial charge in [0, 0.05) is 32.7 Å². The summed E-state index contributed by atoms with van der Waals surface area (Å²) >= 11 is 0. The van der Waals surface area contributed by atoms with Gasteiger partial charge in [0.1, 0.15) is 11.4 Å². The maximum Gasteiger partial charge on any atom is 0.253 e. The molecule has 1 atom stereocenters. The van der Waals surface area contributed by atoms with E-state index in [0.717, 1.165) is 12.0 Å². The molecular weight excluding hydrogens is 332 g/mol. The van der Waals surface area contributed by atoms with E-state index in [1.165, 1.54) is 0 Å². The Labute approximate surface area is 152 Å². The van der Waals surface area contributed by atoms with Gasteiger partial charge in [-0.3, -0.25) is 14.4 Å². The number of rotatable bonds is 7. The fourth-order valence-corrected chi connectivity index (χ4v) is 3.37. The first-order chi connectivity index (χ1) is 12.5. The Hall–Kier alpha value is -2.67. The van der Waals surface area contributed by atoms with Crippen LogP contribution in [-0.2, 0) is 4.79 Å². The minimum Gasteiger partial charge on any atom is -0.378 e. The molecule has 138 valence electrons. The third-order valence-electron chi connectivity index (χ3n) is 4.94. The van der Waals surface area contributed by atoms with Crippen LogP contribution in [0.5, 0.6) is 0 Å². The number of hydrogen-bond donors (Lipinski definition) is 1. The first-order valence-electron chi connectivity index (χ1n) is 8.75. The van der Waals surface area contributed by atoms with Gasteiger partial charge in [-0.1, -0.05) is 30.3 Å². The minimum absolute atomic E-state index is 0.0837. The van der Waals surface area contributed by atoms with Crippen LogP contribution < -0.4 is 21.1 Å². The molecule has 0 saturated carbocycles. The van der Waals surface area contributed by atoms with Crippen LogP contribution in [0.25, 0.3) is 0 Å². The molecule has 0 aromatic heterocycles. The average Bonchev–Trinajstić information content (AvgIpc) is 2.67. The van der Waals surface area contributed by atoms with Gasteiger partial charge in [-0.05, 0) is 19.7 Å². The largest absolute Gasteiger partial charge is 0.378 e. The molecule has 0 bridgehead atoms. The number of piperazine rings is 1. The minimum atomic E-state index is -0.455. The predicted octanol–water partition coefficient (Wildman–Crippen LogP) is 0.276. The van der Waals surface area contributed by atoms with Crippen molar-refractivity contribution >= 4 is 17.8 Å². The fourth-order valence-electron chi connectivity index (χ4n) is 3.37. The van der Waals surface area contributed by atoms with E-state index in [1.54, 1.807) is 4.90 Å². The molecule has 1 saturated heterocycles. The third-order valence-corrected chi connectivity index (χ3v) is 4.94. The first kappa shape index (κ1) is 18.1. The smallest absolute Gasteiger partial charge is 0.253 e. The molecule has 7 heteroatoms. The number of anilines is 2. The van der Waals surface area contributed by atoms with E-state index in [1.807, 2.05) is 49.3 Å². The molecule has 26 heavy (non-hydrogen) atoms. The van der Waals surface area contributed by atoms with Crippen LogP contribution in [0.1, 0.15) is 11.6 Å². The summed E-state index contributed by atoms with van der Waals surface area (Å²) in [5, 5.41) is 3.19. The molecule has 7 nitrogen and oxygen atoms in total. The summed E-state index contributed by atoms with van der Waals surface area (Å²) in [7, 11) is 3.97. The number of hydrogen-bond acceptors (Lipinski definition) is 6. The van der Waals surface area contributed by atoms with Crippen molar-refractivity contribution in [2.45, 2.75) is 6.04 Å². The lowest BCUT2D eigenvalue weighted by molar-refractivity contribution is -0.118. The Balaban J connectivity index is 1.73. The zero-order chi connectivity index (χ0) is 18.7. The summed E-state index contributed by atoms with van der Waals surface area (Å²) in [4.78, 5) is 40.7. The Morgan fingerprint density at radius 1 is 1.08 bits per heavy atom. The Morgan fingerprint density at radius 3 is 2.31 bits per heavy atom. The summed E-state index contributed by atoms with van der Waals surface area (Å²) in [6.45, 7) is 2.78. The molecule has 0 radical (unpaired) electrons. The monoisotopic (exact) mass is 356 g/mol. The normalized spacial score (nSPS) is 16.1. The van der Waals surface area contributed by atoms with Gasteiger partial charge in [-0.25, -0.2) is 0 Å². The number of carbonyl (C=O) groups excluding carboxylic acids is 1. The van der Waals surface area contributed by atoms with Crippen LogP contribution in [0.3, 0.4) is 0 Å². The second-order valence-corrected chi connectivity index (χ2v) is 6.78. The molecule has 1 N–H and O–H groups in total. The topological polar surface area (TPSA) is 73.0 Å². The number of nitrogens with zero attached hydrogens (tertiary/aromatic N) is 3. The summed E-state index contributed by atoms with van der Waals surface area (Å²) in [5.74, 6) is 0. The fraction of sp³-hybridized carbons (Fsp3) is 0.421. The Kier molecular flexibility index (Phi) is 5.37. The Bertz CT molecular complexity index is 819. The molecular formula is C19H24N4O3. The summed E-state index contributed by atoms with van der Waals surface area (Å²) in [5.41, 5.74) is 1.12. The highest BCUT2D eigenvalue weighted by Crippen LogP contribution is 2.24. The molecule has 2 aromatic carbocycles. The zero-order valence-electron chi connectivity index (χ0n) is 15.1. The van der Waals surface area contributed by atoms with Crippen molar-refractivity contribution in [1.82, 2.24) is 9.80 Å². The van der Waals surface area contributed by atoms with E-state index in [4.69, 9.17) is 0 Å². The van der Waals surface area contributed by atoms with Crippen LogP contribution in [0.4, 0.5) is 11.4 Å². The van der Waals surface area contributed by atoms with Crippen LogP contribution in [0, 0.1) is 0 Å². The van der Waals surface area contributed by atoms with Crippen molar-refractivity contribution in [2.75, 3.05) is 57.0 Å². The summed E-state index contributed by atoms with van der Waals surface area (Å²) in [6.07, 6.45) is 0.820. The van der Waals surface area contributed by atoms with Crippen molar-refractivity contribution in [2.24, 2.45) is 0 Å². The number of benzene rings is 1. The maximum absolute atomic E-state index is 12.1. The second-order valence-electron chi connectivity index (χ2n) is 6.78. The number of carbonyl (C=O) groups is 1. The SMILES string of the molecule is CN(C)C(CNc1c(N2CCN(C=O)CC2)c(=O)c1=O)c1ccccc1. The first-order valence-corrected chi connectivity index (χ1v) is 8.75. The highest BCUT2D eigenvalue weighted by Gasteiger charge is 2.28. The van der Waals surface area contributed by atoms with Gasteiger partial charge in [-0.2, -0.15) is 0 Å². The van der Waals surface area contributed by atoms with Crippen molar-refractivity contribution in [3.05, 3.63) is 56.3 Å². The number of amides is 1. The molecule has 1 aliphatic heterocycles. The van der Waals surface area contributed by atoms with Crippen LogP contribution in [0.2, 0.25) is 0 Å². The van der Waals surface area contributed by atoms with Crippen LogP contribution in [0.15, 0.2) is 39.9 Å². The van der Waals surface area contributed by atoms with E-state index in [2.05, 4.69) is 10.2 Å². The predicted molar refractivity (Wildman–Crippen MR) is 103 cm³/mol. The van der Waals surface area contributed by atoms with E-state index in [-0.39, 0.29) is 6.04 Å². The molecule has 0 aliphatic carbocycles. The highest BCUT2D eigenvalue weighted by atomic mass is 16.2. The van der Waals surface area contributed by atoms with Crippen molar-refractivity contribution in [3.63, 3.8) is 0 Å².